The van der Waals surface area contributed by atoms with Crippen molar-refractivity contribution in [1.29, 1.82) is 0 Å². The van der Waals surface area contributed by atoms with E-state index in [2.05, 4.69) is 15.5 Å². The van der Waals surface area contributed by atoms with Crippen molar-refractivity contribution in [1.82, 2.24) is 10.1 Å². The molecule has 1 N–H and O–H groups in total. The van der Waals surface area contributed by atoms with Crippen molar-refractivity contribution in [3.63, 3.8) is 0 Å². The van der Waals surface area contributed by atoms with E-state index < -0.39 is 0 Å². The van der Waals surface area contributed by atoms with E-state index in [1.54, 1.807) is 7.11 Å². The largest absolute Gasteiger partial charge is 0.489 e. The van der Waals surface area contributed by atoms with Crippen LogP contribution >= 0.6 is 0 Å². The number of methoxy groups -OCH3 is 1. The Bertz CT molecular complexity index is 593. The summed E-state index contributed by atoms with van der Waals surface area (Å²) in [4.78, 5) is 4.42. The molecule has 2 aromatic rings. The Morgan fingerprint density at radius 2 is 2.35 bits per heavy atom. The van der Waals surface area contributed by atoms with Gasteiger partial charge in [-0.1, -0.05) is 18.1 Å². The van der Waals surface area contributed by atoms with Crippen LogP contribution in [0.5, 0.6) is 5.75 Å². The van der Waals surface area contributed by atoms with Gasteiger partial charge in [-0.15, -0.1) is 0 Å². The minimum atomic E-state index is -0.147. The fourth-order valence-corrected chi connectivity index (χ4v) is 2.27. The molecule has 0 saturated carbocycles. The molecule has 1 aliphatic rings. The maximum absolute atomic E-state index is 5.71. The molecule has 0 spiro atoms. The van der Waals surface area contributed by atoms with Crippen molar-refractivity contribution in [3.8, 4) is 17.2 Å². The first-order chi connectivity index (χ1) is 9.83. The van der Waals surface area contributed by atoms with Crippen molar-refractivity contribution in [2.75, 3.05) is 25.6 Å². The number of para-hydroxylation sites is 1. The molecule has 0 saturated heterocycles. The number of fused-ring (bicyclic) bond motifs is 1. The predicted molar refractivity (Wildman–Crippen MR) is 73.8 cm³/mol. The molecule has 1 aromatic heterocycles. The van der Waals surface area contributed by atoms with Gasteiger partial charge < -0.3 is 19.3 Å². The second kappa shape index (κ2) is 5.50. The van der Waals surface area contributed by atoms with Gasteiger partial charge in [-0.3, -0.25) is 0 Å². The number of rotatable bonds is 4. The van der Waals surface area contributed by atoms with Gasteiger partial charge in [0.2, 0.25) is 5.82 Å². The topological polar surface area (TPSA) is 69.4 Å². The van der Waals surface area contributed by atoms with E-state index >= 15 is 0 Å². The molecule has 1 atom stereocenters. The van der Waals surface area contributed by atoms with Gasteiger partial charge >= 0.3 is 0 Å². The number of benzene rings is 1. The molecule has 106 valence electrons. The highest BCUT2D eigenvalue weighted by molar-refractivity contribution is 5.74. The molecular formula is C14H17N3O3. The summed E-state index contributed by atoms with van der Waals surface area (Å²) in [5.41, 5.74) is 1.76. The van der Waals surface area contributed by atoms with Crippen molar-refractivity contribution in [2.45, 2.75) is 19.4 Å². The lowest BCUT2D eigenvalue weighted by Crippen LogP contribution is -2.18. The summed E-state index contributed by atoms with van der Waals surface area (Å²) in [6.45, 7) is 3.44. The van der Waals surface area contributed by atoms with E-state index in [-0.39, 0.29) is 6.10 Å². The first kappa shape index (κ1) is 12.9. The zero-order chi connectivity index (χ0) is 13.9. The van der Waals surface area contributed by atoms with E-state index in [4.69, 9.17) is 14.0 Å². The van der Waals surface area contributed by atoms with Crippen LogP contribution in [0.2, 0.25) is 0 Å². The predicted octanol–water partition coefficient (Wildman–Crippen LogP) is 2.64. The molecule has 0 amide bonds. The summed E-state index contributed by atoms with van der Waals surface area (Å²) in [6.07, 6.45) is 0.645. The second-order valence-corrected chi connectivity index (χ2v) is 4.55. The number of nitrogens with zero attached hydrogens (tertiary/aromatic N) is 2. The number of anilines is 1. The van der Waals surface area contributed by atoms with Gasteiger partial charge in [0.15, 0.2) is 5.75 Å². The number of ether oxygens (including phenoxy) is 2. The third kappa shape index (κ3) is 2.22. The summed E-state index contributed by atoms with van der Waals surface area (Å²) in [5, 5.41) is 7.28. The average Bonchev–Trinajstić information content (AvgIpc) is 2.97. The van der Waals surface area contributed by atoms with Crippen LogP contribution in [0.15, 0.2) is 22.7 Å². The summed E-state index contributed by atoms with van der Waals surface area (Å²) in [7, 11) is 1.64. The third-order valence-corrected chi connectivity index (χ3v) is 3.29. The standard InChI is InChI=1S/C14H17N3O3/c1-3-11(18-2)13-16-14(20-17-13)9-5-4-6-10-12(9)19-8-7-15-10/h4-6,11,15H,3,7-8H2,1-2H3. The molecule has 2 heterocycles. The van der Waals surface area contributed by atoms with E-state index in [1.807, 2.05) is 25.1 Å². The smallest absolute Gasteiger partial charge is 0.261 e. The van der Waals surface area contributed by atoms with Crippen molar-refractivity contribution in [3.05, 3.63) is 24.0 Å². The molecular weight excluding hydrogens is 258 g/mol. The van der Waals surface area contributed by atoms with Crippen LogP contribution in [0.1, 0.15) is 25.3 Å². The zero-order valence-electron chi connectivity index (χ0n) is 11.5. The molecule has 0 radical (unpaired) electrons. The summed E-state index contributed by atoms with van der Waals surface area (Å²) < 4.78 is 16.4. The molecule has 6 nitrogen and oxygen atoms in total. The van der Waals surface area contributed by atoms with Crippen LogP contribution in [-0.2, 0) is 4.74 Å². The maximum Gasteiger partial charge on any atom is 0.261 e. The molecule has 0 bridgehead atoms. The third-order valence-electron chi connectivity index (χ3n) is 3.29. The molecule has 0 fully saturated rings. The van der Waals surface area contributed by atoms with Crippen molar-refractivity contribution in [2.24, 2.45) is 0 Å². The fourth-order valence-electron chi connectivity index (χ4n) is 2.27. The normalized spacial score (nSPS) is 15.1. The van der Waals surface area contributed by atoms with Crippen LogP contribution in [0.25, 0.3) is 11.5 Å². The van der Waals surface area contributed by atoms with Crippen molar-refractivity contribution < 1.29 is 14.0 Å². The summed E-state index contributed by atoms with van der Waals surface area (Å²) in [5.74, 6) is 1.78. The Hall–Kier alpha value is -2.08. The minimum Gasteiger partial charge on any atom is -0.489 e. The van der Waals surface area contributed by atoms with Crippen LogP contribution < -0.4 is 10.1 Å². The van der Waals surface area contributed by atoms with Crippen LogP contribution in [-0.4, -0.2) is 30.4 Å². The second-order valence-electron chi connectivity index (χ2n) is 4.55. The van der Waals surface area contributed by atoms with Gasteiger partial charge in [0, 0.05) is 13.7 Å². The molecule has 6 heteroatoms. The van der Waals surface area contributed by atoms with E-state index in [0.717, 1.165) is 30.0 Å². The molecule has 3 rings (SSSR count). The number of hydrogen-bond donors (Lipinski definition) is 1. The van der Waals surface area contributed by atoms with Gasteiger partial charge in [0.05, 0.1) is 11.3 Å². The first-order valence-electron chi connectivity index (χ1n) is 6.70. The Morgan fingerprint density at radius 3 is 3.15 bits per heavy atom. The first-order valence-corrected chi connectivity index (χ1v) is 6.70. The Balaban J connectivity index is 1.97. The van der Waals surface area contributed by atoms with Gasteiger partial charge in [0.1, 0.15) is 12.7 Å². The van der Waals surface area contributed by atoms with Crippen LogP contribution in [0.4, 0.5) is 5.69 Å². The highest BCUT2D eigenvalue weighted by atomic mass is 16.5. The molecule has 0 aliphatic carbocycles. The maximum atomic E-state index is 5.71. The van der Waals surface area contributed by atoms with Crippen LogP contribution in [0.3, 0.4) is 0 Å². The van der Waals surface area contributed by atoms with E-state index in [1.165, 1.54) is 0 Å². The lowest BCUT2D eigenvalue weighted by molar-refractivity contribution is 0.0903. The average molecular weight is 275 g/mol. The molecule has 1 aromatic carbocycles. The van der Waals surface area contributed by atoms with E-state index in [0.29, 0.717) is 18.3 Å². The number of hydrogen-bond acceptors (Lipinski definition) is 6. The van der Waals surface area contributed by atoms with Gasteiger partial charge in [-0.05, 0) is 18.6 Å². The number of aromatic nitrogens is 2. The van der Waals surface area contributed by atoms with E-state index in [9.17, 15) is 0 Å². The lowest BCUT2D eigenvalue weighted by Gasteiger charge is -2.20. The quantitative estimate of drug-likeness (QED) is 0.925. The minimum absolute atomic E-state index is 0.147. The molecule has 1 unspecified atom stereocenters. The Kier molecular flexibility index (Phi) is 3.56. The van der Waals surface area contributed by atoms with Gasteiger partial charge in [-0.25, -0.2) is 0 Å². The Morgan fingerprint density at radius 1 is 1.45 bits per heavy atom. The van der Waals surface area contributed by atoms with Crippen LogP contribution in [0, 0.1) is 0 Å². The highest BCUT2D eigenvalue weighted by Gasteiger charge is 2.21. The Labute approximate surface area is 117 Å². The molecule has 20 heavy (non-hydrogen) atoms. The molecule has 1 aliphatic heterocycles. The number of nitrogens with one attached hydrogen (secondary N) is 1. The van der Waals surface area contributed by atoms with Crippen molar-refractivity contribution >= 4 is 5.69 Å². The summed E-state index contributed by atoms with van der Waals surface area (Å²) in [6, 6.07) is 5.82. The lowest BCUT2D eigenvalue weighted by atomic mass is 10.1. The zero-order valence-corrected chi connectivity index (χ0v) is 11.5. The highest BCUT2D eigenvalue weighted by Crippen LogP contribution is 2.37. The van der Waals surface area contributed by atoms with Gasteiger partial charge in [-0.2, -0.15) is 4.98 Å². The monoisotopic (exact) mass is 275 g/mol. The SMILES string of the molecule is CCC(OC)c1noc(-c2cccc3c2OCCN3)n1. The van der Waals surface area contributed by atoms with Gasteiger partial charge in [0.25, 0.3) is 5.89 Å². The summed E-state index contributed by atoms with van der Waals surface area (Å²) >= 11 is 0. The fraction of sp³-hybridized carbons (Fsp3) is 0.429.